The molecule has 1 heterocycles. The number of likely N-dealkylation sites (tertiary alicyclic amines) is 1. The van der Waals surface area contributed by atoms with E-state index in [9.17, 15) is 18.5 Å². The Morgan fingerprint density at radius 2 is 2.22 bits per heavy atom. The second-order valence-corrected chi connectivity index (χ2v) is 8.20. The van der Waals surface area contributed by atoms with Gasteiger partial charge in [0, 0.05) is 19.0 Å². The van der Waals surface area contributed by atoms with Crippen molar-refractivity contribution in [1.29, 1.82) is 5.26 Å². The summed E-state index contributed by atoms with van der Waals surface area (Å²) >= 11 is 0. The lowest BCUT2D eigenvalue weighted by Gasteiger charge is -2.17. The average molecular weight is 395 g/mol. The molecule has 1 unspecified atom stereocenters. The molecule has 0 bridgehead atoms. The molecule has 1 atom stereocenters. The molecule has 0 radical (unpaired) electrons. The predicted molar refractivity (Wildman–Crippen MR) is 99.4 cm³/mol. The smallest absolute Gasteiger partial charge is 0.409 e. The van der Waals surface area contributed by atoms with Crippen LogP contribution in [0.4, 0.5) is 4.79 Å². The van der Waals surface area contributed by atoms with E-state index in [2.05, 4.69) is 0 Å². The van der Waals surface area contributed by atoms with E-state index in [4.69, 9.17) is 14.6 Å². The molecule has 1 aliphatic heterocycles. The van der Waals surface area contributed by atoms with E-state index < -0.39 is 15.8 Å². The number of sulfonamides is 1. The van der Waals surface area contributed by atoms with Crippen LogP contribution in [0.3, 0.4) is 0 Å². The Morgan fingerprint density at radius 1 is 1.44 bits per heavy atom. The molecule has 0 saturated carbocycles. The quantitative estimate of drug-likeness (QED) is 0.672. The minimum absolute atomic E-state index is 0.122. The van der Waals surface area contributed by atoms with Crippen molar-refractivity contribution in [3.8, 4) is 11.8 Å². The summed E-state index contributed by atoms with van der Waals surface area (Å²) in [4.78, 5) is 13.6. The fourth-order valence-electron chi connectivity index (χ4n) is 2.90. The molecule has 27 heavy (non-hydrogen) atoms. The minimum atomic E-state index is -3.75. The molecule has 1 aromatic carbocycles. The zero-order chi connectivity index (χ0) is 19.9. The van der Waals surface area contributed by atoms with Crippen molar-refractivity contribution >= 4 is 16.1 Å². The molecular formula is C18H25N3O5S. The summed E-state index contributed by atoms with van der Waals surface area (Å²) in [5.41, 5.74) is 0.477. The summed E-state index contributed by atoms with van der Waals surface area (Å²) in [5.74, 6) is 0.0215. The fraction of sp³-hybridized carbons (Fsp3) is 0.556. The third-order valence-corrected chi connectivity index (χ3v) is 5.04. The zero-order valence-corrected chi connectivity index (χ0v) is 16.2. The van der Waals surface area contributed by atoms with Gasteiger partial charge in [-0.15, -0.1) is 0 Å². The van der Waals surface area contributed by atoms with E-state index in [0.717, 1.165) is 19.3 Å². The highest BCUT2D eigenvalue weighted by atomic mass is 32.2. The largest absolute Gasteiger partial charge is 0.492 e. The first-order valence-corrected chi connectivity index (χ1v) is 10.6. The van der Waals surface area contributed by atoms with Crippen LogP contribution < -0.4 is 9.88 Å². The van der Waals surface area contributed by atoms with E-state index >= 15 is 0 Å². The molecule has 0 spiro atoms. The van der Waals surface area contributed by atoms with E-state index in [1.807, 2.05) is 13.0 Å². The van der Waals surface area contributed by atoms with Crippen LogP contribution in [-0.4, -0.2) is 45.7 Å². The number of carbonyl (C=O) groups excluding carboxylic acids is 1. The Balaban J connectivity index is 1.93. The van der Waals surface area contributed by atoms with Gasteiger partial charge in [-0.1, -0.05) is 25.5 Å². The number of primary sulfonamides is 1. The number of ether oxygens (including phenoxy) is 2. The number of hydrogen-bond donors (Lipinski definition) is 1. The predicted octanol–water partition coefficient (Wildman–Crippen LogP) is 1.98. The van der Waals surface area contributed by atoms with Crippen LogP contribution >= 0.6 is 0 Å². The highest BCUT2D eigenvalue weighted by Gasteiger charge is 2.28. The van der Waals surface area contributed by atoms with Crippen molar-refractivity contribution in [2.75, 3.05) is 26.3 Å². The maximum absolute atomic E-state index is 12.0. The van der Waals surface area contributed by atoms with Crippen molar-refractivity contribution in [3.05, 3.63) is 29.3 Å². The number of carbonyl (C=O) groups is 1. The van der Waals surface area contributed by atoms with Crippen LogP contribution in [0.25, 0.3) is 0 Å². The zero-order valence-electron chi connectivity index (χ0n) is 15.4. The molecule has 1 saturated heterocycles. The van der Waals surface area contributed by atoms with Gasteiger partial charge in [-0.3, -0.25) is 0 Å². The van der Waals surface area contributed by atoms with Crippen LogP contribution in [0.1, 0.15) is 37.3 Å². The molecule has 9 heteroatoms. The standard InChI is InChI=1S/C18H25N3O5S/c1-2-3-9-25-18(22)21-8-7-14(11-21)12-26-17-6-4-5-15(16(17)10-19)13-27(20,23)24/h4-6,14H,2-3,7-9,11-13H2,1H3,(H2,20,23,24). The highest BCUT2D eigenvalue weighted by molar-refractivity contribution is 7.88. The first-order valence-electron chi connectivity index (χ1n) is 8.91. The summed E-state index contributed by atoms with van der Waals surface area (Å²) in [5, 5.41) is 14.4. The summed E-state index contributed by atoms with van der Waals surface area (Å²) < 4.78 is 33.6. The van der Waals surface area contributed by atoms with Gasteiger partial charge in [0.15, 0.2) is 0 Å². The van der Waals surface area contributed by atoms with Gasteiger partial charge < -0.3 is 14.4 Å². The first-order chi connectivity index (χ1) is 12.8. The second-order valence-electron chi connectivity index (χ2n) is 6.59. The third-order valence-electron chi connectivity index (χ3n) is 4.32. The van der Waals surface area contributed by atoms with Crippen LogP contribution in [0.2, 0.25) is 0 Å². The van der Waals surface area contributed by atoms with Crippen LogP contribution in [0.5, 0.6) is 5.75 Å². The van der Waals surface area contributed by atoms with Crippen molar-refractivity contribution in [3.63, 3.8) is 0 Å². The summed E-state index contributed by atoms with van der Waals surface area (Å²) in [6.45, 7) is 3.92. The lowest BCUT2D eigenvalue weighted by molar-refractivity contribution is 0.107. The first kappa shape index (κ1) is 21.0. The number of benzene rings is 1. The van der Waals surface area contributed by atoms with Gasteiger partial charge >= 0.3 is 6.09 Å². The van der Waals surface area contributed by atoms with E-state index in [0.29, 0.717) is 37.6 Å². The van der Waals surface area contributed by atoms with Crippen molar-refractivity contribution in [2.24, 2.45) is 11.1 Å². The maximum atomic E-state index is 12.0. The maximum Gasteiger partial charge on any atom is 0.409 e. The van der Waals surface area contributed by atoms with Crippen molar-refractivity contribution in [1.82, 2.24) is 4.90 Å². The van der Waals surface area contributed by atoms with E-state index in [-0.39, 0.29) is 17.6 Å². The molecule has 2 N–H and O–H groups in total. The monoisotopic (exact) mass is 395 g/mol. The Bertz CT molecular complexity index is 804. The van der Waals surface area contributed by atoms with Crippen molar-refractivity contribution < 1.29 is 22.7 Å². The van der Waals surface area contributed by atoms with Crippen molar-refractivity contribution in [2.45, 2.75) is 31.9 Å². The average Bonchev–Trinajstić information content (AvgIpc) is 3.08. The number of amides is 1. The lowest BCUT2D eigenvalue weighted by Crippen LogP contribution is -2.30. The Kier molecular flexibility index (Phi) is 7.45. The number of nitriles is 1. The normalized spacial score (nSPS) is 16.8. The Labute approximate surface area is 159 Å². The van der Waals surface area contributed by atoms with Crippen LogP contribution in [0.15, 0.2) is 18.2 Å². The molecule has 1 aromatic rings. The van der Waals surface area contributed by atoms with Gasteiger partial charge in [0.1, 0.15) is 11.8 Å². The molecule has 148 valence electrons. The molecule has 1 amide bonds. The SMILES string of the molecule is CCCCOC(=O)N1CCC(COc2cccc(CS(N)(=O)=O)c2C#N)C1. The third kappa shape index (κ3) is 6.41. The molecule has 8 nitrogen and oxygen atoms in total. The number of unbranched alkanes of at least 4 members (excludes halogenated alkanes) is 1. The van der Waals surface area contributed by atoms with Gasteiger partial charge in [-0.2, -0.15) is 5.26 Å². The molecule has 0 aliphatic carbocycles. The van der Waals surface area contributed by atoms with Gasteiger partial charge in [-0.05, 0) is 24.5 Å². The molecular weight excluding hydrogens is 370 g/mol. The summed E-state index contributed by atoms with van der Waals surface area (Å²) in [7, 11) is -3.75. The number of nitrogens with zero attached hydrogens (tertiary/aromatic N) is 2. The Hall–Kier alpha value is -2.31. The lowest BCUT2D eigenvalue weighted by atomic mass is 10.1. The van der Waals surface area contributed by atoms with E-state index in [1.165, 1.54) is 0 Å². The molecule has 1 aliphatic rings. The number of rotatable bonds is 8. The van der Waals surface area contributed by atoms with E-state index in [1.54, 1.807) is 23.1 Å². The topological polar surface area (TPSA) is 123 Å². The molecule has 0 aromatic heterocycles. The molecule has 2 rings (SSSR count). The molecule has 1 fully saturated rings. The second kappa shape index (κ2) is 9.58. The minimum Gasteiger partial charge on any atom is -0.492 e. The number of nitrogens with two attached hydrogens (primary N) is 1. The van der Waals surface area contributed by atoms with Gasteiger partial charge in [0.25, 0.3) is 0 Å². The van der Waals surface area contributed by atoms with Crippen LogP contribution in [0, 0.1) is 17.2 Å². The Morgan fingerprint density at radius 3 is 2.89 bits per heavy atom. The van der Waals surface area contributed by atoms with Gasteiger partial charge in [-0.25, -0.2) is 18.4 Å². The van der Waals surface area contributed by atoms with Gasteiger partial charge in [0.05, 0.1) is 24.5 Å². The fourth-order valence-corrected chi connectivity index (χ4v) is 3.57. The summed E-state index contributed by atoms with van der Waals surface area (Å²) in [6, 6.07) is 6.78. The van der Waals surface area contributed by atoms with Gasteiger partial charge in [0.2, 0.25) is 10.0 Å². The summed E-state index contributed by atoms with van der Waals surface area (Å²) in [6.07, 6.45) is 2.29. The van der Waals surface area contributed by atoms with Crippen LogP contribution in [-0.2, 0) is 20.5 Å². The highest BCUT2D eigenvalue weighted by Crippen LogP contribution is 2.25. The number of hydrogen-bond acceptors (Lipinski definition) is 6.